The molecule has 6 nitrogen and oxygen atoms in total. The molecule has 1 aromatic carbocycles. The van der Waals surface area contributed by atoms with E-state index in [0.717, 1.165) is 32.8 Å². The van der Waals surface area contributed by atoms with E-state index in [4.69, 9.17) is 16.3 Å². The molecule has 1 heterocycles. The van der Waals surface area contributed by atoms with Gasteiger partial charge in [0.2, 0.25) is 11.8 Å². The number of ether oxygens (including phenoxy) is 1. The maximum atomic E-state index is 11.8. The number of carbonyl (C=O) groups is 2. The molecule has 1 fully saturated rings. The van der Waals surface area contributed by atoms with Gasteiger partial charge in [-0.2, -0.15) is 0 Å². The van der Waals surface area contributed by atoms with E-state index in [1.54, 1.807) is 24.3 Å². The summed E-state index contributed by atoms with van der Waals surface area (Å²) in [6, 6.07) is 6.81. The van der Waals surface area contributed by atoms with Crippen molar-refractivity contribution in [1.82, 2.24) is 10.2 Å². The summed E-state index contributed by atoms with van der Waals surface area (Å²) in [7, 11) is 0. The average Bonchev–Trinajstić information content (AvgIpc) is 2.48. The highest BCUT2D eigenvalue weighted by Crippen LogP contribution is 2.14. The Kier molecular flexibility index (Phi) is 6.64. The molecule has 2 N–H and O–H groups in total. The normalized spacial score (nSPS) is 15.3. The van der Waals surface area contributed by atoms with E-state index in [1.807, 2.05) is 0 Å². The number of benzene rings is 1. The summed E-state index contributed by atoms with van der Waals surface area (Å²) in [5.41, 5.74) is 0.582. The minimum Gasteiger partial charge on any atom is -0.379 e. The van der Waals surface area contributed by atoms with Crippen molar-refractivity contribution in [1.29, 1.82) is 0 Å². The van der Waals surface area contributed by atoms with Crippen LogP contribution in [0.4, 0.5) is 5.69 Å². The van der Waals surface area contributed by atoms with Crippen LogP contribution in [0.5, 0.6) is 0 Å². The lowest BCUT2D eigenvalue weighted by Gasteiger charge is -2.26. The third kappa shape index (κ3) is 6.01. The fourth-order valence-electron chi connectivity index (χ4n) is 2.16. The SMILES string of the molecule is O=C(CC(=O)Nc1cccc(Cl)c1)NCCN1CCOCC1. The summed E-state index contributed by atoms with van der Waals surface area (Å²) < 4.78 is 5.25. The standard InChI is InChI=1S/C15H20ClN3O3/c16-12-2-1-3-13(10-12)18-15(21)11-14(20)17-4-5-19-6-8-22-9-7-19/h1-3,10H,4-9,11H2,(H,17,20)(H,18,21). The topological polar surface area (TPSA) is 70.7 Å². The van der Waals surface area contributed by atoms with Gasteiger partial charge in [-0.3, -0.25) is 14.5 Å². The molecular formula is C15H20ClN3O3. The number of hydrogen-bond donors (Lipinski definition) is 2. The van der Waals surface area contributed by atoms with E-state index >= 15 is 0 Å². The Labute approximate surface area is 134 Å². The van der Waals surface area contributed by atoms with Crippen molar-refractivity contribution in [3.8, 4) is 0 Å². The highest BCUT2D eigenvalue weighted by Gasteiger charge is 2.12. The zero-order valence-electron chi connectivity index (χ0n) is 12.3. The van der Waals surface area contributed by atoms with Gasteiger partial charge in [0, 0.05) is 36.9 Å². The second-order valence-corrected chi connectivity index (χ2v) is 5.48. The molecule has 0 aromatic heterocycles. The number of nitrogens with one attached hydrogen (secondary N) is 2. The third-order valence-electron chi connectivity index (χ3n) is 3.28. The second kappa shape index (κ2) is 8.73. The van der Waals surface area contributed by atoms with E-state index in [0.29, 0.717) is 17.3 Å². The first-order chi connectivity index (χ1) is 10.6. The van der Waals surface area contributed by atoms with E-state index in [2.05, 4.69) is 15.5 Å². The third-order valence-corrected chi connectivity index (χ3v) is 3.52. The number of carbonyl (C=O) groups excluding carboxylic acids is 2. The molecule has 0 unspecified atom stereocenters. The lowest BCUT2D eigenvalue weighted by molar-refractivity contribution is -0.126. The van der Waals surface area contributed by atoms with Crippen LogP contribution in [0.1, 0.15) is 6.42 Å². The highest BCUT2D eigenvalue weighted by atomic mass is 35.5. The van der Waals surface area contributed by atoms with Crippen molar-refractivity contribution in [2.45, 2.75) is 6.42 Å². The van der Waals surface area contributed by atoms with E-state index in [9.17, 15) is 9.59 Å². The molecule has 1 saturated heterocycles. The van der Waals surface area contributed by atoms with E-state index in [1.165, 1.54) is 0 Å². The van der Waals surface area contributed by atoms with Gasteiger partial charge >= 0.3 is 0 Å². The van der Waals surface area contributed by atoms with Crippen molar-refractivity contribution >= 4 is 29.1 Å². The molecule has 0 bridgehead atoms. The number of amides is 2. The molecule has 1 aliphatic heterocycles. The minimum atomic E-state index is -0.355. The van der Waals surface area contributed by atoms with E-state index in [-0.39, 0.29) is 18.2 Å². The van der Waals surface area contributed by atoms with Gasteiger partial charge in [-0.25, -0.2) is 0 Å². The lowest BCUT2D eigenvalue weighted by atomic mass is 10.3. The summed E-state index contributed by atoms with van der Waals surface area (Å²) in [4.78, 5) is 25.7. The van der Waals surface area contributed by atoms with Crippen LogP contribution in [0.25, 0.3) is 0 Å². The fourth-order valence-corrected chi connectivity index (χ4v) is 2.35. The van der Waals surface area contributed by atoms with Crippen LogP contribution in [0.15, 0.2) is 24.3 Å². The number of anilines is 1. The molecule has 120 valence electrons. The van der Waals surface area contributed by atoms with Crippen LogP contribution in [-0.2, 0) is 14.3 Å². The number of hydrogen-bond acceptors (Lipinski definition) is 4. The zero-order chi connectivity index (χ0) is 15.8. The zero-order valence-corrected chi connectivity index (χ0v) is 13.1. The Morgan fingerprint density at radius 1 is 1.23 bits per heavy atom. The van der Waals surface area contributed by atoms with Gasteiger partial charge in [0.25, 0.3) is 0 Å². The van der Waals surface area contributed by atoms with Crippen molar-refractivity contribution in [3.05, 3.63) is 29.3 Å². The Morgan fingerprint density at radius 2 is 2.00 bits per heavy atom. The Morgan fingerprint density at radius 3 is 2.73 bits per heavy atom. The minimum absolute atomic E-state index is 0.199. The first kappa shape index (κ1) is 16.7. The molecule has 0 atom stereocenters. The fraction of sp³-hybridized carbons (Fsp3) is 0.467. The summed E-state index contributed by atoms with van der Waals surface area (Å²) in [6.45, 7) is 4.52. The number of halogens is 1. The lowest BCUT2D eigenvalue weighted by Crippen LogP contribution is -2.41. The van der Waals surface area contributed by atoms with Gasteiger partial charge in [0.05, 0.1) is 13.2 Å². The molecule has 1 aliphatic rings. The summed E-state index contributed by atoms with van der Waals surface area (Å²) in [6.07, 6.45) is -0.199. The quantitative estimate of drug-likeness (QED) is 0.769. The Bertz CT molecular complexity index is 519. The smallest absolute Gasteiger partial charge is 0.233 e. The molecule has 1 aromatic rings. The van der Waals surface area contributed by atoms with Gasteiger partial charge in [0.1, 0.15) is 6.42 Å². The average molecular weight is 326 g/mol. The largest absolute Gasteiger partial charge is 0.379 e. The summed E-state index contributed by atoms with van der Waals surface area (Å²) >= 11 is 5.83. The van der Waals surface area contributed by atoms with Gasteiger partial charge in [-0.15, -0.1) is 0 Å². The first-order valence-electron chi connectivity index (χ1n) is 7.26. The van der Waals surface area contributed by atoms with Crippen LogP contribution in [0, 0.1) is 0 Å². The molecular weight excluding hydrogens is 306 g/mol. The first-order valence-corrected chi connectivity index (χ1v) is 7.63. The van der Waals surface area contributed by atoms with Gasteiger partial charge in [-0.1, -0.05) is 17.7 Å². The number of morpholine rings is 1. The predicted molar refractivity (Wildman–Crippen MR) is 85.0 cm³/mol. The van der Waals surface area contributed by atoms with Gasteiger partial charge in [-0.05, 0) is 18.2 Å². The van der Waals surface area contributed by atoms with Crippen LogP contribution in [-0.4, -0.2) is 56.1 Å². The Hall–Kier alpha value is -1.63. The van der Waals surface area contributed by atoms with Crippen LogP contribution in [0.3, 0.4) is 0 Å². The van der Waals surface area contributed by atoms with Gasteiger partial charge < -0.3 is 15.4 Å². The molecule has 22 heavy (non-hydrogen) atoms. The predicted octanol–water partition coefficient (Wildman–Crippen LogP) is 1.12. The van der Waals surface area contributed by atoms with Crippen molar-refractivity contribution in [3.63, 3.8) is 0 Å². The molecule has 0 aliphatic carbocycles. The number of rotatable bonds is 6. The molecule has 2 amide bonds. The van der Waals surface area contributed by atoms with Crippen molar-refractivity contribution in [2.24, 2.45) is 0 Å². The number of nitrogens with zero attached hydrogens (tertiary/aromatic N) is 1. The summed E-state index contributed by atoms with van der Waals surface area (Å²) in [5, 5.41) is 5.93. The van der Waals surface area contributed by atoms with Gasteiger partial charge in [0.15, 0.2) is 0 Å². The van der Waals surface area contributed by atoms with Crippen LogP contribution >= 0.6 is 11.6 Å². The molecule has 0 radical (unpaired) electrons. The second-order valence-electron chi connectivity index (χ2n) is 5.04. The van der Waals surface area contributed by atoms with E-state index < -0.39 is 0 Å². The molecule has 7 heteroatoms. The van der Waals surface area contributed by atoms with Crippen LogP contribution < -0.4 is 10.6 Å². The maximum Gasteiger partial charge on any atom is 0.233 e. The molecule has 0 saturated carbocycles. The van der Waals surface area contributed by atoms with Crippen molar-refractivity contribution < 1.29 is 14.3 Å². The summed E-state index contributed by atoms with van der Waals surface area (Å²) in [5.74, 6) is -0.640. The maximum absolute atomic E-state index is 11.8. The van der Waals surface area contributed by atoms with Crippen molar-refractivity contribution in [2.75, 3.05) is 44.7 Å². The molecule has 0 spiro atoms. The highest BCUT2D eigenvalue weighted by molar-refractivity contribution is 6.30. The Balaban J connectivity index is 1.64. The monoisotopic (exact) mass is 325 g/mol. The van der Waals surface area contributed by atoms with Crippen LogP contribution in [0.2, 0.25) is 5.02 Å². The molecule has 2 rings (SSSR count).